The average molecular weight is 581 g/mol. The number of hydrogen-bond donors (Lipinski definition) is 0. The molecule has 40 heavy (non-hydrogen) atoms. The molecule has 1 saturated heterocycles. The van der Waals surface area contributed by atoms with Gasteiger partial charge in [-0.15, -0.1) is 11.3 Å². The third kappa shape index (κ3) is 6.23. The second-order valence-electron chi connectivity index (χ2n) is 11.2. The molecule has 12 heteroatoms. The first-order valence-electron chi connectivity index (χ1n) is 13.2. The van der Waals surface area contributed by atoms with Crippen molar-refractivity contribution < 1.29 is 31.8 Å². The summed E-state index contributed by atoms with van der Waals surface area (Å²) in [4.78, 5) is 19.1. The lowest BCUT2D eigenvalue weighted by Gasteiger charge is -2.31. The number of aromatic nitrogens is 3. The fraction of sp³-hybridized carbons (Fsp3) is 0.536. The van der Waals surface area contributed by atoms with Gasteiger partial charge in [-0.3, -0.25) is 9.48 Å². The number of piperidine rings is 1. The number of ether oxygens (including phenoxy) is 2. The largest absolute Gasteiger partial charge is 0.342 e. The Labute approximate surface area is 234 Å². The zero-order valence-corrected chi connectivity index (χ0v) is 23.4. The molecule has 1 fully saturated rings. The Morgan fingerprint density at radius 3 is 2.40 bits per heavy atom. The number of halogens is 4. The smallest absolute Gasteiger partial charge is 0.282 e. The number of carbonyl (C=O) groups excluding carboxylic acids is 1. The van der Waals surface area contributed by atoms with E-state index in [1.807, 2.05) is 5.38 Å². The highest BCUT2D eigenvalue weighted by atomic mass is 32.1. The van der Waals surface area contributed by atoms with Crippen LogP contribution in [0, 0.1) is 0 Å². The van der Waals surface area contributed by atoms with Crippen LogP contribution in [-0.4, -0.2) is 38.7 Å². The van der Waals surface area contributed by atoms with Crippen molar-refractivity contribution in [2.75, 3.05) is 13.1 Å². The Hall–Kier alpha value is -2.83. The number of benzene rings is 1. The molecule has 1 unspecified atom stereocenters. The van der Waals surface area contributed by atoms with Gasteiger partial charge in [0.2, 0.25) is 12.2 Å². The Morgan fingerprint density at radius 1 is 1.05 bits per heavy atom. The molecule has 1 amide bonds. The maximum absolute atomic E-state index is 13.3. The van der Waals surface area contributed by atoms with Gasteiger partial charge < -0.3 is 14.4 Å². The second-order valence-corrected chi connectivity index (χ2v) is 12.1. The van der Waals surface area contributed by atoms with Crippen LogP contribution in [0.1, 0.15) is 97.5 Å². The summed E-state index contributed by atoms with van der Waals surface area (Å²) in [7, 11) is 0. The summed E-state index contributed by atoms with van der Waals surface area (Å²) >= 11 is 1.53. The van der Waals surface area contributed by atoms with Crippen LogP contribution in [0.2, 0.25) is 0 Å². The predicted molar refractivity (Wildman–Crippen MR) is 140 cm³/mol. The maximum Gasteiger partial charge on any atom is 0.282 e. The zero-order valence-electron chi connectivity index (χ0n) is 22.6. The number of hydrogen-bond acceptors (Lipinski definition) is 6. The van der Waals surface area contributed by atoms with Crippen molar-refractivity contribution in [3.05, 3.63) is 68.4 Å². The van der Waals surface area contributed by atoms with Crippen LogP contribution in [0.4, 0.5) is 17.6 Å². The topological polar surface area (TPSA) is 69.5 Å². The predicted octanol–water partition coefficient (Wildman–Crippen LogP) is 6.66. The van der Waals surface area contributed by atoms with Crippen LogP contribution >= 0.6 is 11.3 Å². The highest BCUT2D eigenvalue weighted by Gasteiger charge is 2.30. The Kier molecular flexibility index (Phi) is 8.30. The van der Waals surface area contributed by atoms with Crippen molar-refractivity contribution in [3.63, 3.8) is 0 Å². The summed E-state index contributed by atoms with van der Waals surface area (Å²) in [5, 5.41) is 6.39. The van der Waals surface area contributed by atoms with E-state index in [0.29, 0.717) is 49.9 Å². The minimum Gasteiger partial charge on any atom is -0.342 e. The third-order valence-corrected chi connectivity index (χ3v) is 8.42. The fourth-order valence-electron chi connectivity index (χ4n) is 4.98. The van der Waals surface area contributed by atoms with Gasteiger partial charge in [0.15, 0.2) is 0 Å². The van der Waals surface area contributed by atoms with Gasteiger partial charge >= 0.3 is 0 Å². The summed E-state index contributed by atoms with van der Waals surface area (Å²) in [6.07, 6.45) is -5.27. The molecular formula is C28H32F4N4O3S. The number of carbonyl (C=O) groups is 1. The van der Waals surface area contributed by atoms with Crippen LogP contribution < -0.4 is 0 Å². The van der Waals surface area contributed by atoms with Crippen LogP contribution in [-0.2, 0) is 39.4 Å². The van der Waals surface area contributed by atoms with Crippen molar-refractivity contribution in [2.45, 2.75) is 83.8 Å². The number of amides is 1. The van der Waals surface area contributed by atoms with Crippen molar-refractivity contribution in [3.8, 4) is 0 Å². The summed E-state index contributed by atoms with van der Waals surface area (Å²) in [5.74, 6) is -0.301. The third-order valence-electron chi connectivity index (χ3n) is 7.39. The van der Waals surface area contributed by atoms with Crippen molar-refractivity contribution in [1.82, 2.24) is 19.7 Å². The Bertz CT molecular complexity index is 1350. The standard InChI is InChI=1S/C28H32F4N4O3S/c1-28(2,3)19-5-4-17-13-38-27(39-14-18(17)10-19)21-15-40-26(33-21)16-6-8-35(9-7-16)23(37)12-36-22(25(31)32)11-20(34-36)24(29)30/h4-5,10-11,15-16,24-25,27H,6-9,12-14H2,1-3H3. The lowest BCUT2D eigenvalue weighted by atomic mass is 9.85. The molecule has 2 aromatic heterocycles. The summed E-state index contributed by atoms with van der Waals surface area (Å²) in [5.41, 5.74) is 2.77. The first kappa shape index (κ1) is 28.7. The number of thiazole rings is 1. The second kappa shape index (κ2) is 11.6. The van der Waals surface area contributed by atoms with E-state index >= 15 is 0 Å². The monoisotopic (exact) mass is 580 g/mol. The number of rotatable bonds is 6. The van der Waals surface area contributed by atoms with Gasteiger partial charge in [0.1, 0.15) is 23.6 Å². The van der Waals surface area contributed by atoms with Crippen LogP contribution in [0.5, 0.6) is 0 Å². The molecule has 0 spiro atoms. The van der Waals surface area contributed by atoms with Crippen molar-refractivity contribution in [2.24, 2.45) is 0 Å². The molecule has 0 N–H and O–H groups in total. The van der Waals surface area contributed by atoms with E-state index in [9.17, 15) is 22.4 Å². The first-order valence-corrected chi connectivity index (χ1v) is 14.1. The van der Waals surface area contributed by atoms with Gasteiger partial charge in [-0.25, -0.2) is 22.5 Å². The van der Waals surface area contributed by atoms with E-state index in [4.69, 9.17) is 14.5 Å². The average Bonchev–Trinajstić information content (AvgIpc) is 3.51. The van der Waals surface area contributed by atoms with Gasteiger partial charge in [-0.2, -0.15) is 5.10 Å². The lowest BCUT2D eigenvalue weighted by molar-refractivity contribution is -0.155. The molecule has 4 heterocycles. The van der Waals surface area contributed by atoms with Gasteiger partial charge in [-0.05, 0) is 41.0 Å². The molecule has 2 aliphatic heterocycles. The molecule has 216 valence electrons. The summed E-state index contributed by atoms with van der Waals surface area (Å²) in [6.45, 7) is 7.71. The van der Waals surface area contributed by atoms with Crippen LogP contribution in [0.25, 0.3) is 0 Å². The molecule has 0 bridgehead atoms. The van der Waals surface area contributed by atoms with Gasteiger partial charge in [0.05, 0.1) is 18.2 Å². The van der Waals surface area contributed by atoms with Gasteiger partial charge in [-0.1, -0.05) is 39.0 Å². The Balaban J connectivity index is 1.17. The van der Waals surface area contributed by atoms with E-state index in [1.165, 1.54) is 16.9 Å². The lowest BCUT2D eigenvalue weighted by Crippen LogP contribution is -2.40. The highest BCUT2D eigenvalue weighted by Crippen LogP contribution is 2.35. The summed E-state index contributed by atoms with van der Waals surface area (Å²) in [6, 6.07) is 7.06. The normalized spacial score (nSPS) is 18.8. The zero-order chi connectivity index (χ0) is 28.6. The van der Waals surface area contributed by atoms with Crippen molar-refractivity contribution >= 4 is 17.2 Å². The SMILES string of the molecule is CC(C)(C)c1ccc2c(c1)COC(c1csc(C3CCN(C(=O)Cn4nc(C(F)F)cc4C(F)F)CC3)n1)OC2. The molecular weight excluding hydrogens is 548 g/mol. The highest BCUT2D eigenvalue weighted by molar-refractivity contribution is 7.09. The minimum absolute atomic E-state index is 0.0391. The first-order chi connectivity index (χ1) is 19.0. The number of likely N-dealkylation sites (tertiary alicyclic amines) is 1. The molecule has 3 aromatic rings. The molecule has 2 aliphatic rings. The molecule has 5 rings (SSSR count). The molecule has 1 aromatic carbocycles. The minimum atomic E-state index is -3.01. The number of fused-ring (bicyclic) bond motifs is 1. The Morgan fingerprint density at radius 2 is 1.75 bits per heavy atom. The molecule has 1 atom stereocenters. The van der Waals surface area contributed by atoms with Gasteiger partial charge in [0.25, 0.3) is 12.9 Å². The van der Waals surface area contributed by atoms with E-state index < -0.39 is 43.0 Å². The van der Waals surface area contributed by atoms with E-state index in [-0.39, 0.29) is 11.3 Å². The molecule has 7 nitrogen and oxygen atoms in total. The number of nitrogens with zero attached hydrogens (tertiary/aromatic N) is 4. The van der Waals surface area contributed by atoms with E-state index in [2.05, 4.69) is 44.1 Å². The van der Waals surface area contributed by atoms with E-state index in [1.54, 1.807) is 4.90 Å². The fourth-order valence-corrected chi connectivity index (χ4v) is 5.97. The molecule has 0 saturated carbocycles. The van der Waals surface area contributed by atoms with Gasteiger partial charge in [0, 0.05) is 24.4 Å². The summed E-state index contributed by atoms with van der Waals surface area (Å²) < 4.78 is 65.2. The quantitative estimate of drug-likeness (QED) is 0.305. The van der Waals surface area contributed by atoms with Crippen LogP contribution in [0.3, 0.4) is 0 Å². The molecule has 0 aliphatic carbocycles. The van der Waals surface area contributed by atoms with Crippen LogP contribution in [0.15, 0.2) is 29.6 Å². The van der Waals surface area contributed by atoms with E-state index in [0.717, 1.165) is 21.8 Å². The maximum atomic E-state index is 13.3. The molecule has 0 radical (unpaired) electrons. The number of alkyl halides is 4. The van der Waals surface area contributed by atoms with Crippen molar-refractivity contribution in [1.29, 1.82) is 0 Å².